The zero-order chi connectivity index (χ0) is 23.5. The Hall–Kier alpha value is -2.06. The highest BCUT2D eigenvalue weighted by Gasteiger charge is 2.24. The molecule has 1 aromatic heterocycles. The van der Waals surface area contributed by atoms with Crippen molar-refractivity contribution in [3.05, 3.63) is 24.0 Å². The minimum Gasteiger partial charge on any atom is -0.379 e. The molecule has 1 saturated heterocycles. The third kappa shape index (κ3) is 5.46. The normalized spacial score (nSPS) is 16.0. The highest BCUT2D eigenvalue weighted by atomic mass is 32.2. The molecule has 0 saturated carbocycles. The number of morpholine rings is 1. The van der Waals surface area contributed by atoms with Crippen LogP contribution in [-0.4, -0.2) is 93.6 Å². The summed E-state index contributed by atoms with van der Waals surface area (Å²) in [5.74, 6) is 0.203. The van der Waals surface area contributed by atoms with E-state index in [9.17, 15) is 21.6 Å². The smallest absolute Gasteiger partial charge is 0.242 e. The molecule has 1 aliphatic heterocycles. The van der Waals surface area contributed by atoms with Crippen LogP contribution in [0.4, 0.5) is 0 Å². The van der Waals surface area contributed by atoms with Crippen LogP contribution in [0.5, 0.6) is 0 Å². The molecule has 0 radical (unpaired) electrons. The molecule has 13 heteroatoms. The van der Waals surface area contributed by atoms with Crippen LogP contribution in [0.25, 0.3) is 11.0 Å². The Balaban J connectivity index is 1.57. The van der Waals surface area contributed by atoms with E-state index in [0.29, 0.717) is 44.1 Å². The quantitative estimate of drug-likeness (QED) is 0.506. The van der Waals surface area contributed by atoms with Gasteiger partial charge in [-0.1, -0.05) is 0 Å². The van der Waals surface area contributed by atoms with E-state index in [-0.39, 0.29) is 29.5 Å². The number of sulfonamides is 2. The second kappa shape index (κ2) is 9.83. The number of nitrogens with one attached hydrogen (secondary N) is 1. The van der Waals surface area contributed by atoms with E-state index in [1.54, 1.807) is 13.1 Å². The molecule has 1 aromatic carbocycles. The van der Waals surface area contributed by atoms with E-state index in [0.717, 1.165) is 9.82 Å². The first-order valence-corrected chi connectivity index (χ1v) is 13.3. The fourth-order valence-electron chi connectivity index (χ4n) is 3.41. The van der Waals surface area contributed by atoms with E-state index in [1.165, 1.54) is 30.5 Å². The molecule has 11 nitrogen and oxygen atoms in total. The second-order valence-corrected chi connectivity index (χ2v) is 11.9. The van der Waals surface area contributed by atoms with Gasteiger partial charge in [0, 0.05) is 53.6 Å². The minimum atomic E-state index is -3.57. The van der Waals surface area contributed by atoms with Crippen LogP contribution in [0.2, 0.25) is 0 Å². The highest BCUT2D eigenvalue weighted by molar-refractivity contribution is 7.89. The Morgan fingerprint density at radius 1 is 1.19 bits per heavy atom. The number of hydrogen-bond acceptors (Lipinski definition) is 7. The summed E-state index contributed by atoms with van der Waals surface area (Å²) >= 11 is 0. The molecule has 0 bridgehead atoms. The van der Waals surface area contributed by atoms with Gasteiger partial charge in [-0.05, 0) is 18.2 Å². The number of amides is 1. The molecule has 0 spiro atoms. The number of nitrogens with zero attached hydrogens (tertiary/aromatic N) is 4. The summed E-state index contributed by atoms with van der Waals surface area (Å²) in [7, 11) is -2.25. The first kappa shape index (κ1) is 24.6. The number of aryl methyl sites for hydroxylation is 2. The summed E-state index contributed by atoms with van der Waals surface area (Å²) in [6.45, 7) is 1.46. The fraction of sp³-hybridized carbons (Fsp3) is 0.579. The molecule has 0 atom stereocenters. The Bertz CT molecular complexity index is 1180. The van der Waals surface area contributed by atoms with E-state index in [1.807, 2.05) is 4.57 Å². The minimum absolute atomic E-state index is 0.0345. The van der Waals surface area contributed by atoms with Crippen molar-refractivity contribution in [1.82, 2.24) is 23.5 Å². The largest absolute Gasteiger partial charge is 0.379 e. The summed E-state index contributed by atoms with van der Waals surface area (Å²) in [6, 6.07) is 4.74. The van der Waals surface area contributed by atoms with Gasteiger partial charge in [-0.25, -0.2) is 26.1 Å². The van der Waals surface area contributed by atoms with Crippen LogP contribution in [0.15, 0.2) is 23.1 Å². The summed E-state index contributed by atoms with van der Waals surface area (Å²) in [5, 5.41) is 2.64. The molecule has 1 N–H and O–H groups in total. The molecular weight excluding hydrogens is 458 g/mol. The average Bonchev–Trinajstić information content (AvgIpc) is 3.07. The maximum Gasteiger partial charge on any atom is 0.242 e. The van der Waals surface area contributed by atoms with Crippen molar-refractivity contribution in [3.8, 4) is 0 Å². The van der Waals surface area contributed by atoms with Crippen molar-refractivity contribution < 1.29 is 26.4 Å². The molecule has 178 valence electrons. The molecule has 3 rings (SSSR count). The lowest BCUT2D eigenvalue weighted by Crippen LogP contribution is -2.43. The van der Waals surface area contributed by atoms with Gasteiger partial charge in [-0.3, -0.25) is 4.79 Å². The molecule has 0 aliphatic carbocycles. The summed E-state index contributed by atoms with van der Waals surface area (Å²) in [6.07, 6.45) is 0.473. The van der Waals surface area contributed by atoms with Crippen LogP contribution in [0.1, 0.15) is 12.2 Å². The number of carbonyl (C=O) groups excluding carboxylic acids is 1. The third-order valence-electron chi connectivity index (χ3n) is 5.34. The summed E-state index contributed by atoms with van der Waals surface area (Å²) in [4.78, 5) is 16.8. The number of aromatic nitrogens is 2. The van der Waals surface area contributed by atoms with Gasteiger partial charge in [0.05, 0.1) is 34.9 Å². The van der Waals surface area contributed by atoms with Crippen molar-refractivity contribution in [2.75, 3.05) is 52.7 Å². The first-order valence-electron chi connectivity index (χ1n) is 10.2. The molecule has 1 aliphatic rings. The third-order valence-corrected chi connectivity index (χ3v) is 9.03. The lowest BCUT2D eigenvalue weighted by molar-refractivity contribution is -0.120. The van der Waals surface area contributed by atoms with Crippen molar-refractivity contribution in [2.45, 2.75) is 17.7 Å². The second-order valence-electron chi connectivity index (χ2n) is 7.70. The van der Waals surface area contributed by atoms with E-state index < -0.39 is 20.0 Å². The van der Waals surface area contributed by atoms with E-state index in [2.05, 4.69) is 10.3 Å². The maximum atomic E-state index is 12.3. The fourth-order valence-corrected chi connectivity index (χ4v) is 5.66. The number of carbonyl (C=O) groups is 1. The van der Waals surface area contributed by atoms with Crippen LogP contribution in [0, 0.1) is 0 Å². The van der Waals surface area contributed by atoms with Crippen molar-refractivity contribution >= 4 is 37.0 Å². The van der Waals surface area contributed by atoms with Crippen molar-refractivity contribution in [1.29, 1.82) is 0 Å². The zero-order valence-electron chi connectivity index (χ0n) is 18.4. The van der Waals surface area contributed by atoms with Crippen LogP contribution < -0.4 is 5.32 Å². The molecule has 2 aromatic rings. The molecule has 0 unspecified atom stereocenters. The van der Waals surface area contributed by atoms with Crippen LogP contribution >= 0.6 is 0 Å². The standard InChI is InChI=1S/C19H29N5O6S2/c1-22(2)32(28,29)15-4-5-17-16(14-15)21-18(23(17)3)6-7-19(25)20-8-13-31(26,27)24-9-11-30-12-10-24/h4-5,14H,6-13H2,1-3H3,(H,20,25). The topological polar surface area (TPSA) is 131 Å². The van der Waals surface area contributed by atoms with E-state index >= 15 is 0 Å². The van der Waals surface area contributed by atoms with Gasteiger partial charge >= 0.3 is 0 Å². The molecular formula is C19H29N5O6S2. The van der Waals surface area contributed by atoms with Gasteiger partial charge in [0.2, 0.25) is 26.0 Å². The molecule has 2 heterocycles. The highest BCUT2D eigenvalue weighted by Crippen LogP contribution is 2.21. The van der Waals surface area contributed by atoms with Crippen LogP contribution in [-0.2, 0) is 43.0 Å². The van der Waals surface area contributed by atoms with Crippen LogP contribution in [0.3, 0.4) is 0 Å². The summed E-state index contributed by atoms with van der Waals surface area (Å²) < 4.78 is 58.8. The van der Waals surface area contributed by atoms with Gasteiger partial charge in [0.15, 0.2) is 0 Å². The Morgan fingerprint density at radius 3 is 2.53 bits per heavy atom. The number of imidazole rings is 1. The number of hydrogen-bond donors (Lipinski definition) is 1. The lowest BCUT2D eigenvalue weighted by atomic mass is 10.3. The van der Waals surface area contributed by atoms with Gasteiger partial charge in [0.25, 0.3) is 0 Å². The van der Waals surface area contributed by atoms with Crippen molar-refractivity contribution in [2.24, 2.45) is 7.05 Å². The van der Waals surface area contributed by atoms with Gasteiger partial charge in [0.1, 0.15) is 5.82 Å². The number of ether oxygens (including phenoxy) is 1. The molecule has 1 fully saturated rings. The van der Waals surface area contributed by atoms with Gasteiger partial charge < -0.3 is 14.6 Å². The number of benzene rings is 1. The Labute approximate surface area is 188 Å². The van der Waals surface area contributed by atoms with E-state index in [4.69, 9.17) is 4.74 Å². The Kier molecular flexibility index (Phi) is 7.55. The monoisotopic (exact) mass is 487 g/mol. The van der Waals surface area contributed by atoms with Crippen molar-refractivity contribution in [3.63, 3.8) is 0 Å². The zero-order valence-corrected chi connectivity index (χ0v) is 20.1. The number of rotatable bonds is 9. The Morgan fingerprint density at radius 2 is 1.88 bits per heavy atom. The first-order chi connectivity index (χ1) is 15.0. The SMILES string of the molecule is CN(C)S(=O)(=O)c1ccc2c(c1)nc(CCC(=O)NCCS(=O)(=O)N1CCOCC1)n2C. The van der Waals surface area contributed by atoms with Gasteiger partial charge in [-0.15, -0.1) is 0 Å². The predicted octanol–water partition coefficient (Wildman–Crippen LogP) is -0.466. The van der Waals surface area contributed by atoms with Gasteiger partial charge in [-0.2, -0.15) is 4.31 Å². The average molecular weight is 488 g/mol. The number of fused-ring (bicyclic) bond motifs is 1. The molecule has 1 amide bonds. The maximum absolute atomic E-state index is 12.3. The molecule has 32 heavy (non-hydrogen) atoms. The summed E-state index contributed by atoms with van der Waals surface area (Å²) in [5.41, 5.74) is 1.29. The predicted molar refractivity (Wildman–Crippen MR) is 119 cm³/mol. The lowest BCUT2D eigenvalue weighted by Gasteiger charge is -2.26.